The van der Waals surface area contributed by atoms with Gasteiger partial charge in [0.2, 0.25) is 15.9 Å². The van der Waals surface area contributed by atoms with Crippen LogP contribution in [-0.4, -0.2) is 37.5 Å². The van der Waals surface area contributed by atoms with Gasteiger partial charge in [0.15, 0.2) is 0 Å². The topological polar surface area (TPSA) is 66.5 Å². The fraction of sp³-hybridized carbons (Fsp3) is 0.389. The first kappa shape index (κ1) is 19.4. The van der Waals surface area contributed by atoms with Gasteiger partial charge in [0, 0.05) is 41.6 Å². The molecule has 0 radical (unpaired) electrons. The van der Waals surface area contributed by atoms with E-state index in [1.54, 1.807) is 40.8 Å². The van der Waals surface area contributed by atoms with Crippen molar-refractivity contribution in [2.45, 2.75) is 30.4 Å². The molecule has 1 atom stereocenters. The average molecular weight is 411 g/mol. The van der Waals surface area contributed by atoms with Crippen LogP contribution < -0.4 is 5.32 Å². The molecule has 1 aliphatic rings. The van der Waals surface area contributed by atoms with E-state index >= 15 is 0 Å². The predicted molar refractivity (Wildman–Crippen MR) is 108 cm³/mol. The molecule has 1 saturated heterocycles. The van der Waals surface area contributed by atoms with Crippen LogP contribution in [0.2, 0.25) is 0 Å². The molecule has 2 heterocycles. The number of sulfonamides is 1. The Morgan fingerprint density at radius 1 is 1.27 bits per heavy atom. The number of carbonyl (C=O) groups excluding carboxylic acids is 1. The van der Waals surface area contributed by atoms with Crippen LogP contribution in [0, 0.1) is 6.92 Å². The second-order valence-electron chi connectivity index (χ2n) is 6.23. The van der Waals surface area contributed by atoms with E-state index in [9.17, 15) is 13.2 Å². The Balaban J connectivity index is 1.78. The lowest BCUT2D eigenvalue weighted by molar-refractivity contribution is -0.114. The van der Waals surface area contributed by atoms with Crippen LogP contribution in [0.15, 0.2) is 40.6 Å². The van der Waals surface area contributed by atoms with E-state index in [4.69, 9.17) is 0 Å². The zero-order chi connectivity index (χ0) is 18.7. The lowest BCUT2D eigenvalue weighted by Crippen LogP contribution is -2.33. The quantitative estimate of drug-likeness (QED) is 0.831. The van der Waals surface area contributed by atoms with Crippen LogP contribution in [-0.2, 0) is 14.8 Å². The van der Waals surface area contributed by atoms with Gasteiger partial charge in [-0.15, -0.1) is 11.3 Å². The number of nitrogens with zero attached hydrogens (tertiary/aromatic N) is 1. The number of thiophene rings is 1. The van der Waals surface area contributed by atoms with Crippen molar-refractivity contribution < 1.29 is 13.2 Å². The number of thioether (sulfide) groups is 1. The number of rotatable bonds is 4. The lowest BCUT2D eigenvalue weighted by atomic mass is 10.2. The highest BCUT2D eigenvalue weighted by Gasteiger charge is 2.29. The Morgan fingerprint density at radius 2 is 2.08 bits per heavy atom. The molecule has 1 amide bonds. The minimum absolute atomic E-state index is 0.177. The van der Waals surface area contributed by atoms with Crippen molar-refractivity contribution in [3.8, 4) is 0 Å². The van der Waals surface area contributed by atoms with Crippen LogP contribution in [0.25, 0.3) is 0 Å². The van der Waals surface area contributed by atoms with Crippen molar-refractivity contribution >= 4 is 44.7 Å². The van der Waals surface area contributed by atoms with Crippen molar-refractivity contribution in [3.63, 3.8) is 0 Å². The van der Waals surface area contributed by atoms with Gasteiger partial charge in [0.25, 0.3) is 0 Å². The van der Waals surface area contributed by atoms with Gasteiger partial charge in [0.05, 0.1) is 4.90 Å². The van der Waals surface area contributed by atoms with Crippen LogP contribution >= 0.6 is 23.1 Å². The summed E-state index contributed by atoms with van der Waals surface area (Å²) in [5, 5.41) is 5.11. The smallest absolute Gasteiger partial charge is 0.243 e. The summed E-state index contributed by atoms with van der Waals surface area (Å²) in [5.41, 5.74) is 1.25. The van der Waals surface area contributed by atoms with E-state index in [0.29, 0.717) is 34.5 Å². The van der Waals surface area contributed by atoms with Crippen molar-refractivity contribution in [1.29, 1.82) is 0 Å². The number of benzene rings is 1. The molecule has 3 rings (SSSR count). The summed E-state index contributed by atoms with van der Waals surface area (Å²) < 4.78 is 27.8. The maximum absolute atomic E-state index is 13.1. The summed E-state index contributed by atoms with van der Waals surface area (Å²) in [6.45, 7) is 4.23. The molecule has 0 aliphatic carbocycles. The van der Waals surface area contributed by atoms with E-state index in [0.717, 1.165) is 12.2 Å². The molecule has 1 unspecified atom stereocenters. The van der Waals surface area contributed by atoms with E-state index in [2.05, 4.69) is 16.8 Å². The molecule has 5 nitrogen and oxygen atoms in total. The molecule has 140 valence electrons. The molecule has 1 aromatic heterocycles. The van der Waals surface area contributed by atoms with Crippen molar-refractivity contribution in [2.75, 3.05) is 24.2 Å². The number of hydrogen-bond acceptors (Lipinski definition) is 5. The third-order valence-electron chi connectivity index (χ3n) is 4.27. The molecule has 26 heavy (non-hydrogen) atoms. The van der Waals surface area contributed by atoms with Crippen molar-refractivity contribution in [3.05, 3.63) is 46.2 Å². The number of carbonyl (C=O) groups is 1. The average Bonchev–Trinajstić information content (AvgIpc) is 2.98. The number of nitrogens with one attached hydrogen (secondary N) is 1. The monoisotopic (exact) mass is 410 g/mol. The Kier molecular flexibility index (Phi) is 6.06. The summed E-state index contributed by atoms with van der Waals surface area (Å²) in [4.78, 5) is 12.8. The van der Waals surface area contributed by atoms with Crippen molar-refractivity contribution in [1.82, 2.24) is 4.31 Å². The fourth-order valence-corrected chi connectivity index (χ4v) is 7.07. The summed E-state index contributed by atoms with van der Waals surface area (Å²) in [6, 6.07) is 9.10. The largest absolute Gasteiger partial charge is 0.326 e. The molecular weight excluding hydrogens is 388 g/mol. The molecule has 0 bridgehead atoms. The van der Waals surface area contributed by atoms with Gasteiger partial charge < -0.3 is 5.32 Å². The van der Waals surface area contributed by atoms with Crippen LogP contribution in [0.4, 0.5) is 5.69 Å². The molecule has 1 fully saturated rings. The first-order valence-corrected chi connectivity index (χ1v) is 11.8. The third kappa shape index (κ3) is 4.31. The zero-order valence-corrected chi connectivity index (χ0v) is 17.2. The second-order valence-corrected chi connectivity index (χ2v) is 10.4. The second kappa shape index (κ2) is 8.12. The molecule has 0 saturated carbocycles. The van der Waals surface area contributed by atoms with Gasteiger partial charge in [-0.3, -0.25) is 4.79 Å². The Hall–Kier alpha value is -1.35. The normalized spacial score (nSPS) is 19.1. The molecular formula is C18H22N2O3S3. The number of aryl methyl sites for hydroxylation is 1. The number of hydrogen-bond donors (Lipinski definition) is 1. The Morgan fingerprint density at radius 3 is 2.73 bits per heavy atom. The van der Waals surface area contributed by atoms with Crippen molar-refractivity contribution in [2.24, 2.45) is 0 Å². The van der Waals surface area contributed by atoms with Crippen LogP contribution in [0.3, 0.4) is 0 Å². The highest BCUT2D eigenvalue weighted by atomic mass is 32.2. The van der Waals surface area contributed by atoms with E-state index in [1.165, 1.54) is 11.8 Å². The molecule has 1 aliphatic heterocycles. The SMILES string of the molecule is CC(=O)Nc1ccc(S(=O)(=O)N2CCSC(c3cccs3)CC2)c(C)c1. The first-order chi connectivity index (χ1) is 12.4. The minimum atomic E-state index is -3.54. The number of anilines is 1. The molecule has 1 aromatic carbocycles. The predicted octanol–water partition coefficient (Wildman–Crippen LogP) is 3.88. The maximum Gasteiger partial charge on any atom is 0.243 e. The van der Waals surface area contributed by atoms with Crippen LogP contribution in [0.5, 0.6) is 0 Å². The first-order valence-electron chi connectivity index (χ1n) is 8.41. The number of amides is 1. The Bertz CT molecular complexity index is 879. The van der Waals surface area contributed by atoms with Gasteiger partial charge in [-0.1, -0.05) is 6.07 Å². The zero-order valence-electron chi connectivity index (χ0n) is 14.8. The molecule has 2 aromatic rings. The highest BCUT2D eigenvalue weighted by molar-refractivity contribution is 7.99. The highest BCUT2D eigenvalue weighted by Crippen LogP contribution is 2.38. The van der Waals surface area contributed by atoms with Gasteiger partial charge in [0.1, 0.15) is 0 Å². The van der Waals surface area contributed by atoms with Gasteiger partial charge in [-0.05, 0) is 48.6 Å². The standard InChI is InChI=1S/C18H22N2O3S3/c1-13-12-15(19-14(2)21)5-6-18(13)26(22,23)20-8-7-17(25-11-9-20)16-4-3-10-24-16/h3-6,10,12,17H,7-9,11H2,1-2H3,(H,19,21). The summed E-state index contributed by atoms with van der Waals surface area (Å²) in [6.07, 6.45) is 0.813. The molecule has 1 N–H and O–H groups in total. The van der Waals surface area contributed by atoms with Gasteiger partial charge in [-0.2, -0.15) is 16.1 Å². The lowest BCUT2D eigenvalue weighted by Gasteiger charge is -2.21. The third-order valence-corrected chi connectivity index (χ3v) is 8.78. The summed E-state index contributed by atoms with van der Waals surface area (Å²) in [7, 11) is -3.54. The minimum Gasteiger partial charge on any atom is -0.326 e. The van der Waals surface area contributed by atoms with Gasteiger partial charge in [-0.25, -0.2) is 8.42 Å². The fourth-order valence-electron chi connectivity index (χ4n) is 3.05. The van der Waals surface area contributed by atoms with E-state index in [-0.39, 0.29) is 5.91 Å². The Labute approximate surface area is 162 Å². The summed E-state index contributed by atoms with van der Waals surface area (Å²) >= 11 is 3.56. The maximum atomic E-state index is 13.1. The summed E-state index contributed by atoms with van der Waals surface area (Å²) in [5.74, 6) is 0.606. The van der Waals surface area contributed by atoms with E-state index in [1.807, 2.05) is 17.8 Å². The molecule has 8 heteroatoms. The molecule has 0 spiro atoms. The van der Waals surface area contributed by atoms with Crippen LogP contribution in [0.1, 0.15) is 29.0 Å². The van der Waals surface area contributed by atoms with E-state index < -0.39 is 10.0 Å². The van der Waals surface area contributed by atoms with Gasteiger partial charge >= 0.3 is 0 Å².